The molecule has 0 bridgehead atoms. The Labute approximate surface area is 147 Å². The third kappa shape index (κ3) is 4.41. The molecule has 1 atom stereocenters. The van der Waals surface area contributed by atoms with Crippen LogP contribution in [0.25, 0.3) is 0 Å². The molecule has 1 unspecified atom stereocenters. The minimum absolute atomic E-state index is 0.888. The Morgan fingerprint density at radius 1 is 0.833 bits per heavy atom. The third-order valence-electron chi connectivity index (χ3n) is 3.73. The van der Waals surface area contributed by atoms with E-state index in [1.165, 1.54) is 15.6 Å². The van der Waals surface area contributed by atoms with E-state index in [0.717, 1.165) is 16.8 Å². The second kappa shape index (κ2) is 8.05. The Morgan fingerprint density at radius 2 is 1.50 bits per heavy atom. The van der Waals surface area contributed by atoms with Crippen LogP contribution in [0.15, 0.2) is 82.8 Å². The van der Waals surface area contributed by atoms with Crippen LogP contribution in [0, 0.1) is 6.92 Å². The fourth-order valence-corrected chi connectivity index (χ4v) is 5.87. The van der Waals surface area contributed by atoms with Crippen LogP contribution < -0.4 is 9.20 Å². The van der Waals surface area contributed by atoms with Gasteiger partial charge in [0.15, 0.2) is 0 Å². The quantitative estimate of drug-likeness (QED) is 0.592. The molecule has 3 aromatic rings. The van der Waals surface area contributed by atoms with Gasteiger partial charge in [0.25, 0.3) is 0 Å². The molecule has 0 saturated carbocycles. The number of nitrogens with zero attached hydrogens (tertiary/aromatic N) is 1. The molecule has 0 aromatic heterocycles. The van der Waals surface area contributed by atoms with E-state index in [-0.39, 0.29) is 0 Å². The summed E-state index contributed by atoms with van der Waals surface area (Å²) >= 11 is -1.36. The Kier molecular flexibility index (Phi) is 5.58. The molecule has 0 aliphatic carbocycles. The molecule has 0 aliphatic heterocycles. The van der Waals surface area contributed by atoms with Gasteiger partial charge in [-0.15, -0.1) is 0 Å². The molecule has 0 aliphatic rings. The molecule has 3 heteroatoms. The van der Waals surface area contributed by atoms with E-state index >= 15 is 0 Å². The summed E-state index contributed by atoms with van der Waals surface area (Å²) in [5.41, 5.74) is 3.67. The fourth-order valence-electron chi connectivity index (χ4n) is 2.37. The SMILES string of the molecule is COc1ccc([Se](Cc2ccccc2)=Nc2ccc(C)cc2)cc1. The zero-order valence-electron chi connectivity index (χ0n) is 14.0. The van der Waals surface area contributed by atoms with Gasteiger partial charge in [0.05, 0.1) is 0 Å². The number of benzene rings is 3. The number of hydrogen-bond acceptors (Lipinski definition) is 2. The van der Waals surface area contributed by atoms with Crippen molar-refractivity contribution in [2.75, 3.05) is 7.11 Å². The molecule has 0 heterocycles. The molecule has 0 spiro atoms. The standard InChI is InChI=1S/C21H21NOSe/c1-17-8-10-19(11-9-17)22-24(16-18-6-4-3-5-7-18)21-14-12-20(23-2)13-15-21/h3-15H,16H2,1-2H3. The summed E-state index contributed by atoms with van der Waals surface area (Å²) in [5, 5.41) is 1.00. The predicted molar refractivity (Wildman–Crippen MR) is 102 cm³/mol. The van der Waals surface area contributed by atoms with E-state index < -0.39 is 13.7 Å². The van der Waals surface area contributed by atoms with Crippen LogP contribution in [-0.2, 0) is 5.32 Å². The van der Waals surface area contributed by atoms with Gasteiger partial charge in [-0.1, -0.05) is 0 Å². The summed E-state index contributed by atoms with van der Waals surface area (Å²) in [6.45, 7) is 2.10. The summed E-state index contributed by atoms with van der Waals surface area (Å²) in [5.74, 6) is 0.888. The molecule has 0 fully saturated rings. The number of hydrogen-bond donors (Lipinski definition) is 0. The summed E-state index contributed by atoms with van der Waals surface area (Å²) < 4.78 is 11.7. The van der Waals surface area contributed by atoms with Crippen LogP contribution in [0.3, 0.4) is 0 Å². The van der Waals surface area contributed by atoms with Crippen molar-refractivity contribution in [3.63, 3.8) is 0 Å². The van der Waals surface area contributed by atoms with Crippen molar-refractivity contribution < 1.29 is 4.74 Å². The van der Waals surface area contributed by atoms with E-state index in [2.05, 4.69) is 73.7 Å². The van der Waals surface area contributed by atoms with E-state index in [1.54, 1.807) is 7.11 Å². The average Bonchev–Trinajstić information content (AvgIpc) is 2.64. The first-order valence-corrected chi connectivity index (χ1v) is 10.8. The van der Waals surface area contributed by atoms with Gasteiger partial charge in [-0.05, 0) is 0 Å². The maximum atomic E-state index is 5.28. The van der Waals surface area contributed by atoms with Crippen molar-refractivity contribution in [2.24, 2.45) is 3.96 Å². The normalized spacial score (nSPS) is 12.1. The van der Waals surface area contributed by atoms with Crippen molar-refractivity contribution in [2.45, 2.75) is 12.2 Å². The number of methoxy groups -OCH3 is 1. The first kappa shape index (κ1) is 16.6. The molecule has 0 saturated heterocycles. The number of aryl methyl sites for hydroxylation is 1. The monoisotopic (exact) mass is 383 g/mol. The van der Waals surface area contributed by atoms with Crippen molar-refractivity contribution in [3.05, 3.63) is 90.0 Å². The molecule has 3 rings (SSSR count). The summed E-state index contributed by atoms with van der Waals surface area (Å²) in [7, 11) is 1.70. The second-order valence-electron chi connectivity index (χ2n) is 5.60. The Bertz CT molecular complexity index is 809. The van der Waals surface area contributed by atoms with Gasteiger partial charge >= 0.3 is 148 Å². The molecule has 0 amide bonds. The molecule has 0 N–H and O–H groups in total. The molecule has 2 nitrogen and oxygen atoms in total. The molecular formula is C21H21NOSe. The van der Waals surface area contributed by atoms with Gasteiger partial charge in [0.1, 0.15) is 0 Å². The molecule has 122 valence electrons. The Balaban J connectivity index is 1.97. The summed E-state index contributed by atoms with van der Waals surface area (Å²) in [4.78, 5) is 0. The second-order valence-corrected chi connectivity index (χ2v) is 9.11. The van der Waals surface area contributed by atoms with Crippen molar-refractivity contribution in [1.82, 2.24) is 0 Å². The van der Waals surface area contributed by atoms with Crippen molar-refractivity contribution in [1.29, 1.82) is 0 Å². The summed E-state index contributed by atoms with van der Waals surface area (Å²) in [6.07, 6.45) is 0. The predicted octanol–water partition coefficient (Wildman–Crippen LogP) is 4.58. The van der Waals surface area contributed by atoms with E-state index in [9.17, 15) is 0 Å². The van der Waals surface area contributed by atoms with E-state index in [0.29, 0.717) is 0 Å². The Morgan fingerprint density at radius 3 is 2.12 bits per heavy atom. The number of ether oxygens (including phenoxy) is 1. The van der Waals surface area contributed by atoms with Crippen LogP contribution in [0.1, 0.15) is 11.1 Å². The maximum absolute atomic E-state index is 5.28. The van der Waals surface area contributed by atoms with Gasteiger partial charge in [0.2, 0.25) is 0 Å². The third-order valence-corrected chi connectivity index (χ3v) is 7.62. The average molecular weight is 382 g/mol. The number of rotatable bonds is 5. The van der Waals surface area contributed by atoms with Gasteiger partial charge in [-0.2, -0.15) is 0 Å². The zero-order valence-corrected chi connectivity index (χ0v) is 15.7. The van der Waals surface area contributed by atoms with Gasteiger partial charge < -0.3 is 0 Å². The topological polar surface area (TPSA) is 21.6 Å². The first-order valence-electron chi connectivity index (χ1n) is 7.92. The zero-order chi connectivity index (χ0) is 16.8. The van der Waals surface area contributed by atoms with Crippen LogP contribution >= 0.6 is 0 Å². The van der Waals surface area contributed by atoms with Gasteiger partial charge in [-0.25, -0.2) is 0 Å². The fraction of sp³-hybridized carbons (Fsp3) is 0.143. The van der Waals surface area contributed by atoms with Gasteiger partial charge in [0, 0.05) is 0 Å². The van der Waals surface area contributed by atoms with Crippen LogP contribution in [-0.4, -0.2) is 20.8 Å². The molecule has 24 heavy (non-hydrogen) atoms. The molecular weight excluding hydrogens is 361 g/mol. The van der Waals surface area contributed by atoms with Crippen molar-refractivity contribution in [3.8, 4) is 5.75 Å². The van der Waals surface area contributed by atoms with Crippen LogP contribution in [0.4, 0.5) is 5.69 Å². The Hall–Kier alpha value is -2.22. The van der Waals surface area contributed by atoms with Crippen LogP contribution in [0.2, 0.25) is 0 Å². The first-order chi connectivity index (χ1) is 11.7. The van der Waals surface area contributed by atoms with Crippen LogP contribution in [0.5, 0.6) is 5.75 Å². The van der Waals surface area contributed by atoms with Crippen molar-refractivity contribution >= 4 is 23.9 Å². The molecule has 0 radical (unpaired) electrons. The van der Waals surface area contributed by atoms with Gasteiger partial charge in [-0.3, -0.25) is 0 Å². The summed E-state index contributed by atoms with van der Waals surface area (Å²) in [6, 6.07) is 27.5. The minimum atomic E-state index is -1.36. The van der Waals surface area contributed by atoms with E-state index in [1.807, 2.05) is 12.1 Å². The van der Waals surface area contributed by atoms with E-state index in [4.69, 9.17) is 8.70 Å². The molecule has 3 aromatic carbocycles.